The van der Waals surface area contributed by atoms with Gasteiger partial charge >= 0.3 is 5.97 Å². The highest BCUT2D eigenvalue weighted by Gasteiger charge is 2.45. The molecule has 4 rings (SSSR count). The Balaban J connectivity index is 1.58. The zero-order valence-electron chi connectivity index (χ0n) is 20.9. The number of nitrogens with zero attached hydrogens (tertiary/aromatic N) is 2. The van der Waals surface area contributed by atoms with Crippen LogP contribution in [0.25, 0.3) is 10.9 Å². The van der Waals surface area contributed by atoms with Gasteiger partial charge in [0.15, 0.2) is 5.76 Å². The molecule has 3 heterocycles. The second kappa shape index (κ2) is 11.3. The summed E-state index contributed by atoms with van der Waals surface area (Å²) in [5.41, 5.74) is -1.79. The molecule has 38 heavy (non-hydrogen) atoms. The Morgan fingerprint density at radius 3 is 2.76 bits per heavy atom. The number of aryl methyl sites for hydroxylation is 2. The van der Waals surface area contributed by atoms with Crippen molar-refractivity contribution in [3.05, 3.63) is 53.7 Å². The first-order chi connectivity index (χ1) is 18.1. The second-order valence-electron chi connectivity index (χ2n) is 8.88. The number of fused-ring (bicyclic) bond motifs is 1. The van der Waals surface area contributed by atoms with E-state index in [9.17, 15) is 23.1 Å². The normalized spacial score (nSPS) is 17.2. The zero-order valence-corrected chi connectivity index (χ0v) is 21.7. The molecule has 0 saturated carbocycles. The van der Waals surface area contributed by atoms with E-state index in [1.54, 1.807) is 12.1 Å². The maximum absolute atomic E-state index is 13.4. The number of aromatic nitrogens is 3. The monoisotopic (exact) mass is 546 g/mol. The number of carboxylic acids is 1. The van der Waals surface area contributed by atoms with Crippen LogP contribution >= 0.6 is 0 Å². The van der Waals surface area contributed by atoms with Gasteiger partial charge in [-0.15, -0.1) is 0 Å². The number of aliphatic carboxylic acids is 1. The van der Waals surface area contributed by atoms with Crippen LogP contribution < -0.4 is 26.0 Å². The molecule has 1 aliphatic heterocycles. The van der Waals surface area contributed by atoms with E-state index in [2.05, 4.69) is 41.3 Å². The molecule has 2 atom stereocenters. The van der Waals surface area contributed by atoms with E-state index in [1.807, 2.05) is 12.3 Å². The van der Waals surface area contributed by atoms with Crippen LogP contribution in [0.1, 0.15) is 41.1 Å². The number of carbonyl (C=O) groups excluding carboxylic acids is 1. The lowest BCUT2D eigenvalue weighted by molar-refractivity contribution is -0.145. The van der Waals surface area contributed by atoms with Crippen LogP contribution in [0.4, 0.5) is 0 Å². The summed E-state index contributed by atoms with van der Waals surface area (Å²) in [6.45, 7) is 4.04. The zero-order chi connectivity index (χ0) is 27.3. The number of amides is 1. The predicted octanol–water partition coefficient (Wildman–Crippen LogP) is 0.407. The number of unbranched alkanes of at least 4 members (excludes halogenated alkanes) is 1. The summed E-state index contributed by atoms with van der Waals surface area (Å²) in [5, 5.41) is 33.2. The van der Waals surface area contributed by atoms with Crippen molar-refractivity contribution in [2.75, 3.05) is 13.1 Å². The minimum Gasteiger partial charge on any atom is -0.478 e. The number of aromatic amines is 1. The molecule has 1 amide bonds. The maximum Gasteiger partial charge on any atom is 0.345 e. The van der Waals surface area contributed by atoms with Crippen molar-refractivity contribution in [3.63, 3.8) is 0 Å². The van der Waals surface area contributed by atoms with Crippen molar-refractivity contribution in [3.8, 4) is 0 Å². The first-order valence-corrected chi connectivity index (χ1v) is 13.4. The number of nitrogens with one attached hydrogen (secondary N) is 6. The van der Waals surface area contributed by atoms with Gasteiger partial charge in [-0.2, -0.15) is 9.82 Å². The lowest BCUT2D eigenvalue weighted by Crippen LogP contribution is -2.65. The molecule has 1 aromatic carbocycles. The number of rotatable bonds is 12. The van der Waals surface area contributed by atoms with Gasteiger partial charge in [-0.3, -0.25) is 20.5 Å². The molecule has 15 heteroatoms. The molecule has 7 N–H and O–H groups in total. The Labute approximate surface area is 218 Å². The van der Waals surface area contributed by atoms with Gasteiger partial charge in [-0.1, -0.05) is 23.4 Å². The molecular weight excluding hydrogens is 516 g/mol. The summed E-state index contributed by atoms with van der Waals surface area (Å²) >= 11 is 0. The molecule has 0 fully saturated rings. The van der Waals surface area contributed by atoms with Crippen LogP contribution in [0.15, 0.2) is 46.1 Å². The molecule has 0 radical (unpaired) electrons. The summed E-state index contributed by atoms with van der Waals surface area (Å²) in [6, 6.07) is 4.85. The SMILES string of the molecule is Cc1noc(C)c1S(=O)(=O)NC(CCCCNC1NC=CCN1)(NC(=O)c1cccc2cn[nH]c12)C(=O)O. The molecule has 2 aromatic heterocycles. The van der Waals surface area contributed by atoms with Crippen molar-refractivity contribution in [2.24, 2.45) is 0 Å². The standard InChI is InChI=1S/C23H30N8O6S/c1-14-19(15(2)37-30-14)38(35,36)31-23(21(33)34,9-3-4-10-24-22-25-11-6-12-26-22)28-20(32)17-8-5-7-16-13-27-29-18(16)17/h5-8,11,13,22,24-26,31H,3-4,9-10,12H2,1-2H3,(H,27,29)(H,28,32)(H,33,34). The second-order valence-corrected chi connectivity index (χ2v) is 10.5. The minimum absolute atomic E-state index is 0.00595. The predicted molar refractivity (Wildman–Crippen MR) is 136 cm³/mol. The minimum atomic E-state index is -4.47. The van der Waals surface area contributed by atoms with E-state index in [4.69, 9.17) is 4.52 Å². The van der Waals surface area contributed by atoms with Crippen LogP contribution in [0.3, 0.4) is 0 Å². The average Bonchev–Trinajstić information content (AvgIpc) is 3.50. The van der Waals surface area contributed by atoms with Crippen molar-refractivity contribution in [1.82, 2.24) is 41.3 Å². The lowest BCUT2D eigenvalue weighted by atomic mass is 10.0. The molecule has 0 spiro atoms. The summed E-state index contributed by atoms with van der Waals surface area (Å²) in [5.74, 6) is -2.36. The van der Waals surface area contributed by atoms with Crippen LogP contribution in [0.5, 0.6) is 0 Å². The van der Waals surface area contributed by atoms with Crippen LogP contribution in [-0.2, 0) is 14.8 Å². The fraction of sp³-hybridized carbons (Fsp3) is 0.391. The third-order valence-electron chi connectivity index (χ3n) is 6.11. The fourth-order valence-corrected chi connectivity index (χ4v) is 5.90. The van der Waals surface area contributed by atoms with Crippen LogP contribution in [0.2, 0.25) is 0 Å². The van der Waals surface area contributed by atoms with E-state index in [0.29, 0.717) is 30.4 Å². The Kier molecular flexibility index (Phi) is 8.11. The molecule has 1 aliphatic rings. The van der Waals surface area contributed by atoms with Crippen LogP contribution in [0, 0.1) is 13.8 Å². The summed E-state index contributed by atoms with van der Waals surface area (Å²) in [7, 11) is -4.47. The number of para-hydroxylation sites is 1. The number of carboxylic acid groups (broad SMARTS) is 1. The summed E-state index contributed by atoms with van der Waals surface area (Å²) in [4.78, 5) is 25.8. The third kappa shape index (κ3) is 5.85. The van der Waals surface area contributed by atoms with E-state index in [0.717, 1.165) is 0 Å². The maximum atomic E-state index is 13.4. The van der Waals surface area contributed by atoms with Crippen LogP contribution in [-0.4, -0.2) is 65.8 Å². The summed E-state index contributed by atoms with van der Waals surface area (Å²) < 4.78 is 33.9. The number of benzene rings is 1. The molecular formula is C23H30N8O6S. The number of sulfonamides is 1. The Hall–Kier alpha value is -3.79. The van der Waals surface area contributed by atoms with Gasteiger partial charge in [0.05, 0.1) is 17.3 Å². The quantitative estimate of drug-likeness (QED) is 0.122. The van der Waals surface area contributed by atoms with Gasteiger partial charge in [0.25, 0.3) is 5.91 Å². The first kappa shape index (κ1) is 27.3. The summed E-state index contributed by atoms with van der Waals surface area (Å²) in [6.07, 6.45) is 5.66. The molecule has 0 aliphatic carbocycles. The van der Waals surface area contributed by atoms with Gasteiger partial charge < -0.3 is 20.3 Å². The van der Waals surface area contributed by atoms with E-state index < -0.39 is 27.6 Å². The van der Waals surface area contributed by atoms with Gasteiger partial charge in [-0.25, -0.2) is 13.2 Å². The Bertz CT molecular complexity index is 1430. The largest absolute Gasteiger partial charge is 0.478 e. The fourth-order valence-electron chi connectivity index (χ4n) is 4.26. The molecule has 0 bridgehead atoms. The van der Waals surface area contributed by atoms with E-state index in [-0.39, 0.29) is 41.0 Å². The topological polar surface area (TPSA) is 203 Å². The molecule has 3 aromatic rings. The smallest absolute Gasteiger partial charge is 0.345 e. The van der Waals surface area contributed by atoms with Gasteiger partial charge in [0.2, 0.25) is 15.7 Å². The van der Waals surface area contributed by atoms with E-state index in [1.165, 1.54) is 26.1 Å². The highest BCUT2D eigenvalue weighted by atomic mass is 32.2. The molecule has 204 valence electrons. The lowest BCUT2D eigenvalue weighted by Gasteiger charge is -2.31. The Morgan fingerprint density at radius 1 is 1.26 bits per heavy atom. The molecule has 0 saturated heterocycles. The van der Waals surface area contributed by atoms with Crippen molar-refractivity contribution in [1.29, 1.82) is 0 Å². The van der Waals surface area contributed by atoms with Gasteiger partial charge in [0.1, 0.15) is 16.9 Å². The van der Waals surface area contributed by atoms with Crippen molar-refractivity contribution >= 4 is 32.8 Å². The number of hydrogen-bond donors (Lipinski definition) is 7. The number of hydrogen-bond acceptors (Lipinski definition) is 10. The third-order valence-corrected chi connectivity index (χ3v) is 7.84. The van der Waals surface area contributed by atoms with E-state index >= 15 is 0 Å². The molecule has 14 nitrogen and oxygen atoms in total. The van der Waals surface area contributed by atoms with Gasteiger partial charge in [-0.05, 0) is 51.9 Å². The molecule has 2 unspecified atom stereocenters. The average molecular weight is 547 g/mol. The highest BCUT2D eigenvalue weighted by Crippen LogP contribution is 2.24. The number of H-pyrrole nitrogens is 1. The van der Waals surface area contributed by atoms with Crippen molar-refractivity contribution in [2.45, 2.75) is 50.0 Å². The number of carbonyl (C=O) groups is 2. The Morgan fingerprint density at radius 2 is 2.08 bits per heavy atom. The first-order valence-electron chi connectivity index (χ1n) is 12.0. The van der Waals surface area contributed by atoms with Crippen molar-refractivity contribution < 1.29 is 27.6 Å². The highest BCUT2D eigenvalue weighted by molar-refractivity contribution is 7.89. The van der Waals surface area contributed by atoms with Gasteiger partial charge in [0, 0.05) is 11.9 Å².